The van der Waals surface area contributed by atoms with Crippen LogP contribution in [-0.2, 0) is 4.79 Å². The normalized spacial score (nSPS) is 11.9. The summed E-state index contributed by atoms with van der Waals surface area (Å²) in [6.07, 6.45) is 0. The molecule has 1 aliphatic heterocycles. The van der Waals surface area contributed by atoms with Crippen LogP contribution in [0, 0.1) is 0 Å². The van der Waals surface area contributed by atoms with Gasteiger partial charge in [0.2, 0.25) is 12.7 Å². The van der Waals surface area contributed by atoms with E-state index in [0.29, 0.717) is 22.2 Å². The van der Waals surface area contributed by atoms with Crippen LogP contribution in [0.25, 0.3) is 11.3 Å². The molecule has 4 rings (SSSR count). The van der Waals surface area contributed by atoms with Gasteiger partial charge in [-0.05, 0) is 42.5 Å². The van der Waals surface area contributed by atoms with E-state index >= 15 is 0 Å². The minimum absolute atomic E-state index is 0.125. The zero-order chi connectivity index (χ0) is 19.3. The number of methoxy groups -OCH3 is 1. The van der Waals surface area contributed by atoms with Crippen molar-refractivity contribution < 1.29 is 19.0 Å². The molecule has 7 nitrogen and oxygen atoms in total. The lowest BCUT2D eigenvalue weighted by atomic mass is 10.1. The Kier molecular flexibility index (Phi) is 5.29. The molecule has 0 atom stereocenters. The molecular weight excluding hydrogens is 378 g/mol. The average molecular weight is 395 g/mol. The van der Waals surface area contributed by atoms with Crippen molar-refractivity contribution >= 4 is 23.4 Å². The van der Waals surface area contributed by atoms with Crippen molar-refractivity contribution in [1.82, 2.24) is 10.2 Å². The second kappa shape index (κ2) is 8.18. The van der Waals surface area contributed by atoms with Crippen molar-refractivity contribution in [2.24, 2.45) is 0 Å². The van der Waals surface area contributed by atoms with Gasteiger partial charge in [-0.2, -0.15) is 0 Å². The van der Waals surface area contributed by atoms with E-state index in [0.717, 1.165) is 17.0 Å². The van der Waals surface area contributed by atoms with Crippen LogP contribution in [0.1, 0.15) is 0 Å². The third-order valence-corrected chi connectivity index (χ3v) is 4.93. The Hall–Kier alpha value is -3.26. The largest absolute Gasteiger partial charge is 0.497 e. The van der Waals surface area contributed by atoms with Gasteiger partial charge in [-0.1, -0.05) is 17.8 Å². The first-order valence-electron chi connectivity index (χ1n) is 8.52. The maximum atomic E-state index is 12.1. The van der Waals surface area contributed by atoms with Crippen LogP contribution in [0.2, 0.25) is 0 Å². The number of carbonyl (C=O) groups excluding carboxylic acids is 1. The highest BCUT2D eigenvalue weighted by Gasteiger charge is 2.14. The highest BCUT2D eigenvalue weighted by Crippen LogP contribution is 2.35. The number of nitrogens with zero attached hydrogens (tertiary/aromatic N) is 2. The predicted molar refractivity (Wildman–Crippen MR) is 106 cm³/mol. The first kappa shape index (κ1) is 18.1. The maximum absolute atomic E-state index is 12.1. The fraction of sp³-hybridized carbons (Fsp3) is 0.150. The molecule has 2 heterocycles. The summed E-state index contributed by atoms with van der Waals surface area (Å²) >= 11 is 1.32. The lowest BCUT2D eigenvalue weighted by Crippen LogP contribution is -2.14. The SMILES string of the molecule is COc1cccc(NC(=O)CSc2ccc(-c3ccc4c(c3)OCO4)nn2)c1. The number of anilines is 1. The van der Waals surface area contributed by atoms with Crippen molar-refractivity contribution in [3.8, 4) is 28.5 Å². The van der Waals surface area contributed by atoms with E-state index in [2.05, 4.69) is 15.5 Å². The molecule has 0 bridgehead atoms. The van der Waals surface area contributed by atoms with Crippen molar-refractivity contribution in [2.45, 2.75) is 5.03 Å². The molecule has 2 aromatic carbocycles. The molecule has 1 amide bonds. The van der Waals surface area contributed by atoms with Crippen molar-refractivity contribution in [3.05, 3.63) is 54.6 Å². The van der Waals surface area contributed by atoms with Gasteiger partial charge < -0.3 is 19.5 Å². The molecule has 0 fully saturated rings. The standard InChI is InChI=1S/C20H17N3O4S/c1-25-15-4-2-3-14(10-15)21-19(24)11-28-20-8-6-16(22-23-20)13-5-7-17-18(9-13)27-12-26-17/h2-10H,11-12H2,1H3,(H,21,24). The van der Waals surface area contributed by atoms with Crippen molar-refractivity contribution in [2.75, 3.05) is 25.0 Å². The summed E-state index contributed by atoms with van der Waals surface area (Å²) in [4.78, 5) is 12.1. The van der Waals surface area contributed by atoms with Crippen LogP contribution in [0.5, 0.6) is 17.2 Å². The zero-order valence-electron chi connectivity index (χ0n) is 15.0. The zero-order valence-corrected chi connectivity index (χ0v) is 15.9. The Balaban J connectivity index is 1.35. The van der Waals surface area contributed by atoms with E-state index in [1.165, 1.54) is 11.8 Å². The van der Waals surface area contributed by atoms with Gasteiger partial charge in [0.05, 0.1) is 18.6 Å². The molecule has 0 radical (unpaired) electrons. The molecule has 8 heteroatoms. The summed E-state index contributed by atoms with van der Waals surface area (Å²) in [7, 11) is 1.59. The summed E-state index contributed by atoms with van der Waals surface area (Å²) in [5, 5.41) is 11.9. The number of rotatable bonds is 6. The van der Waals surface area contributed by atoms with Crippen LogP contribution >= 0.6 is 11.8 Å². The summed E-state index contributed by atoms with van der Waals surface area (Å²) in [6, 6.07) is 16.6. The number of fused-ring (bicyclic) bond motifs is 1. The minimum atomic E-state index is -0.125. The van der Waals surface area contributed by atoms with Gasteiger partial charge in [0, 0.05) is 17.3 Å². The van der Waals surface area contributed by atoms with Crippen molar-refractivity contribution in [1.29, 1.82) is 0 Å². The van der Waals surface area contributed by atoms with Gasteiger partial charge in [0.1, 0.15) is 10.8 Å². The Morgan fingerprint density at radius 1 is 1.11 bits per heavy atom. The third kappa shape index (κ3) is 4.17. The Bertz CT molecular complexity index is 995. The lowest BCUT2D eigenvalue weighted by Gasteiger charge is -2.07. The first-order chi connectivity index (χ1) is 13.7. The predicted octanol–water partition coefficient (Wildman–Crippen LogP) is 3.61. The van der Waals surface area contributed by atoms with Gasteiger partial charge in [-0.15, -0.1) is 10.2 Å². The highest BCUT2D eigenvalue weighted by atomic mass is 32.2. The number of aromatic nitrogens is 2. The number of thioether (sulfide) groups is 1. The van der Waals surface area contributed by atoms with E-state index < -0.39 is 0 Å². The van der Waals surface area contributed by atoms with E-state index in [4.69, 9.17) is 14.2 Å². The average Bonchev–Trinajstić information content (AvgIpc) is 3.20. The summed E-state index contributed by atoms with van der Waals surface area (Å²) in [5.41, 5.74) is 2.31. The van der Waals surface area contributed by atoms with E-state index in [-0.39, 0.29) is 18.5 Å². The molecule has 3 aromatic rings. The molecule has 142 valence electrons. The van der Waals surface area contributed by atoms with E-state index in [1.54, 1.807) is 13.2 Å². The molecule has 0 saturated carbocycles. The van der Waals surface area contributed by atoms with Crippen LogP contribution in [0.3, 0.4) is 0 Å². The second-order valence-corrected chi connectivity index (χ2v) is 6.89. The topological polar surface area (TPSA) is 82.6 Å². The highest BCUT2D eigenvalue weighted by molar-refractivity contribution is 7.99. The number of hydrogen-bond acceptors (Lipinski definition) is 7. The van der Waals surface area contributed by atoms with Crippen LogP contribution in [0.15, 0.2) is 59.6 Å². The number of carbonyl (C=O) groups is 1. The number of benzene rings is 2. The van der Waals surface area contributed by atoms with Gasteiger partial charge in [-0.3, -0.25) is 4.79 Å². The summed E-state index contributed by atoms with van der Waals surface area (Å²) in [5.74, 6) is 2.23. The van der Waals surface area contributed by atoms with E-state index in [1.807, 2.05) is 48.5 Å². The van der Waals surface area contributed by atoms with Gasteiger partial charge >= 0.3 is 0 Å². The number of nitrogens with one attached hydrogen (secondary N) is 1. The van der Waals surface area contributed by atoms with Crippen LogP contribution < -0.4 is 19.5 Å². The van der Waals surface area contributed by atoms with Gasteiger partial charge in [-0.25, -0.2) is 0 Å². The molecule has 1 aromatic heterocycles. The Labute approximate surface area is 166 Å². The third-order valence-electron chi connectivity index (χ3n) is 4.01. The fourth-order valence-electron chi connectivity index (χ4n) is 2.64. The molecule has 1 aliphatic rings. The molecule has 0 aliphatic carbocycles. The summed E-state index contributed by atoms with van der Waals surface area (Å²) < 4.78 is 15.8. The quantitative estimate of drug-likeness (QED) is 0.639. The minimum Gasteiger partial charge on any atom is -0.497 e. The molecule has 28 heavy (non-hydrogen) atoms. The van der Waals surface area contributed by atoms with E-state index in [9.17, 15) is 4.79 Å². The number of amides is 1. The monoisotopic (exact) mass is 395 g/mol. The molecule has 1 N–H and O–H groups in total. The summed E-state index contributed by atoms with van der Waals surface area (Å²) in [6.45, 7) is 0.234. The number of ether oxygens (including phenoxy) is 3. The van der Waals surface area contributed by atoms with Gasteiger partial charge in [0.25, 0.3) is 0 Å². The molecule has 0 unspecified atom stereocenters. The van der Waals surface area contributed by atoms with Crippen molar-refractivity contribution in [3.63, 3.8) is 0 Å². The smallest absolute Gasteiger partial charge is 0.234 e. The van der Waals surface area contributed by atoms with Gasteiger partial charge in [0.15, 0.2) is 11.5 Å². The van der Waals surface area contributed by atoms with Crippen LogP contribution in [0.4, 0.5) is 5.69 Å². The Morgan fingerprint density at radius 3 is 2.82 bits per heavy atom. The second-order valence-electron chi connectivity index (χ2n) is 5.89. The Morgan fingerprint density at radius 2 is 2.00 bits per heavy atom. The molecule has 0 spiro atoms. The molecular formula is C20H17N3O4S. The lowest BCUT2D eigenvalue weighted by molar-refractivity contribution is -0.113. The number of hydrogen-bond donors (Lipinski definition) is 1. The fourth-order valence-corrected chi connectivity index (χ4v) is 3.26. The first-order valence-corrected chi connectivity index (χ1v) is 9.50. The maximum Gasteiger partial charge on any atom is 0.234 e. The van der Waals surface area contributed by atoms with Crippen LogP contribution in [-0.4, -0.2) is 35.8 Å². The molecule has 0 saturated heterocycles.